The molecule has 4 heterocycles. The van der Waals surface area contributed by atoms with Crippen molar-refractivity contribution in [2.24, 2.45) is 0 Å². The maximum absolute atomic E-state index is 12.2. The Balaban J connectivity index is 1.92. The number of nitrogens with zero attached hydrogens (tertiary/aromatic N) is 4. The second-order valence-corrected chi connectivity index (χ2v) is 4.53. The summed E-state index contributed by atoms with van der Waals surface area (Å²) in [5, 5.41) is 9.68. The fourth-order valence-corrected chi connectivity index (χ4v) is 2.18. The summed E-state index contributed by atoms with van der Waals surface area (Å²) in [6.07, 6.45) is 3.32. The molecule has 0 aromatic carbocycles. The third kappa shape index (κ3) is 1.91. The van der Waals surface area contributed by atoms with Crippen molar-refractivity contribution in [2.45, 2.75) is 0 Å². The number of pyridine rings is 1. The summed E-state index contributed by atoms with van der Waals surface area (Å²) in [5.41, 5.74) is 3.10. The van der Waals surface area contributed by atoms with Crippen LogP contribution in [0.25, 0.3) is 28.4 Å². The molecule has 4 rings (SSSR count). The molecule has 7 nitrogen and oxygen atoms in total. The molecule has 2 N–H and O–H groups in total. The largest absolute Gasteiger partial charge is 0.287 e. The van der Waals surface area contributed by atoms with Gasteiger partial charge in [-0.25, -0.2) is 9.50 Å². The first-order chi connectivity index (χ1) is 10.3. The topological polar surface area (TPSA) is 91.7 Å². The van der Waals surface area contributed by atoms with Crippen LogP contribution < -0.4 is 5.56 Å². The lowest BCUT2D eigenvalue weighted by Gasteiger charge is -1.97. The predicted molar refractivity (Wildman–Crippen MR) is 76.6 cm³/mol. The van der Waals surface area contributed by atoms with Gasteiger partial charge < -0.3 is 0 Å². The Morgan fingerprint density at radius 1 is 1.00 bits per heavy atom. The Kier molecular flexibility index (Phi) is 2.43. The van der Waals surface area contributed by atoms with E-state index in [1.807, 2.05) is 18.2 Å². The number of hydrogen-bond donors (Lipinski definition) is 2. The normalized spacial score (nSPS) is 11.0. The molecule has 0 fully saturated rings. The third-order valence-corrected chi connectivity index (χ3v) is 3.17. The maximum Gasteiger partial charge on any atom is 0.273 e. The number of rotatable bonds is 2. The van der Waals surface area contributed by atoms with E-state index in [1.54, 1.807) is 24.5 Å². The van der Waals surface area contributed by atoms with Crippen LogP contribution in [-0.4, -0.2) is 29.8 Å². The van der Waals surface area contributed by atoms with Crippen LogP contribution in [0.2, 0.25) is 0 Å². The highest BCUT2D eigenvalue weighted by atomic mass is 16.1. The number of H-pyrrole nitrogens is 2. The highest BCUT2D eigenvalue weighted by molar-refractivity contribution is 5.63. The SMILES string of the molecule is O=c1cc(-c2ccn[nH]2)nc2cc(-c3ccccn3)[nH]n12. The summed E-state index contributed by atoms with van der Waals surface area (Å²) in [6.45, 7) is 0. The number of nitrogens with one attached hydrogen (secondary N) is 2. The van der Waals surface area contributed by atoms with E-state index < -0.39 is 0 Å². The summed E-state index contributed by atoms with van der Waals surface area (Å²) in [4.78, 5) is 20.9. The van der Waals surface area contributed by atoms with E-state index >= 15 is 0 Å². The molecule has 0 saturated heterocycles. The molecule has 0 atom stereocenters. The summed E-state index contributed by atoms with van der Waals surface area (Å²) in [6, 6.07) is 10.6. The number of aromatic amines is 2. The van der Waals surface area contributed by atoms with E-state index in [2.05, 4.69) is 25.3 Å². The number of aromatic nitrogens is 6. The first kappa shape index (κ1) is 11.6. The minimum Gasteiger partial charge on any atom is -0.287 e. The van der Waals surface area contributed by atoms with Crippen LogP contribution in [0.4, 0.5) is 0 Å². The molecule has 0 saturated carbocycles. The zero-order valence-corrected chi connectivity index (χ0v) is 10.8. The Bertz CT molecular complexity index is 952. The van der Waals surface area contributed by atoms with Crippen LogP contribution in [0.5, 0.6) is 0 Å². The van der Waals surface area contributed by atoms with Gasteiger partial charge in [-0.3, -0.25) is 20.0 Å². The van der Waals surface area contributed by atoms with Crippen molar-refractivity contribution in [3.8, 4) is 22.8 Å². The van der Waals surface area contributed by atoms with Crippen molar-refractivity contribution < 1.29 is 0 Å². The minimum absolute atomic E-state index is 0.188. The van der Waals surface area contributed by atoms with Crippen molar-refractivity contribution in [2.75, 3.05) is 0 Å². The summed E-state index contributed by atoms with van der Waals surface area (Å²) in [5.74, 6) is 0. The van der Waals surface area contributed by atoms with Crippen LogP contribution in [0, 0.1) is 0 Å². The van der Waals surface area contributed by atoms with Crippen molar-refractivity contribution in [1.82, 2.24) is 29.8 Å². The summed E-state index contributed by atoms with van der Waals surface area (Å²) >= 11 is 0. The highest BCUT2D eigenvalue weighted by Gasteiger charge is 2.10. The zero-order chi connectivity index (χ0) is 14.2. The van der Waals surface area contributed by atoms with Gasteiger partial charge in [-0.15, -0.1) is 0 Å². The van der Waals surface area contributed by atoms with Crippen LogP contribution >= 0.6 is 0 Å². The van der Waals surface area contributed by atoms with Crippen LogP contribution in [-0.2, 0) is 0 Å². The van der Waals surface area contributed by atoms with Gasteiger partial charge >= 0.3 is 0 Å². The fourth-order valence-electron chi connectivity index (χ4n) is 2.18. The molecular weight excluding hydrogens is 268 g/mol. The minimum atomic E-state index is -0.188. The van der Waals surface area contributed by atoms with E-state index in [4.69, 9.17) is 0 Å². The molecule has 0 unspecified atom stereocenters. The van der Waals surface area contributed by atoms with Gasteiger partial charge in [-0.1, -0.05) is 6.07 Å². The van der Waals surface area contributed by atoms with E-state index in [0.717, 1.165) is 11.4 Å². The highest BCUT2D eigenvalue weighted by Crippen LogP contribution is 2.17. The van der Waals surface area contributed by atoms with Crippen molar-refractivity contribution in [3.63, 3.8) is 0 Å². The van der Waals surface area contributed by atoms with Gasteiger partial charge in [0.15, 0.2) is 5.65 Å². The van der Waals surface area contributed by atoms with Gasteiger partial charge in [0, 0.05) is 24.5 Å². The van der Waals surface area contributed by atoms with Gasteiger partial charge in [0.2, 0.25) is 0 Å². The molecule has 0 radical (unpaired) electrons. The molecule has 0 aliphatic carbocycles. The average molecular weight is 278 g/mol. The van der Waals surface area contributed by atoms with Crippen LogP contribution in [0.15, 0.2) is 53.6 Å². The third-order valence-electron chi connectivity index (χ3n) is 3.17. The predicted octanol–water partition coefficient (Wildman–Crippen LogP) is 1.47. The van der Waals surface area contributed by atoms with Crippen LogP contribution in [0.3, 0.4) is 0 Å². The Hall–Kier alpha value is -3.22. The molecular formula is C14H10N6O. The lowest BCUT2D eigenvalue weighted by molar-refractivity contribution is 0.901. The van der Waals surface area contributed by atoms with E-state index in [1.165, 1.54) is 10.6 Å². The van der Waals surface area contributed by atoms with Gasteiger partial charge in [-0.2, -0.15) is 5.10 Å². The molecule has 21 heavy (non-hydrogen) atoms. The standard InChI is InChI=1S/C14H10N6O/c21-14-8-11(10-4-6-16-18-10)17-13-7-12(19-20(13)14)9-3-1-2-5-15-9/h1-8,19H,(H,16,18). The van der Waals surface area contributed by atoms with E-state index in [-0.39, 0.29) is 5.56 Å². The summed E-state index contributed by atoms with van der Waals surface area (Å²) in [7, 11) is 0. The van der Waals surface area contributed by atoms with Crippen molar-refractivity contribution in [3.05, 3.63) is 59.1 Å². The van der Waals surface area contributed by atoms with Crippen LogP contribution in [0.1, 0.15) is 0 Å². The van der Waals surface area contributed by atoms with Crippen molar-refractivity contribution in [1.29, 1.82) is 0 Å². The lowest BCUT2D eigenvalue weighted by Crippen LogP contribution is -2.14. The molecule has 0 spiro atoms. The average Bonchev–Trinajstić information content (AvgIpc) is 3.17. The molecule has 102 valence electrons. The Labute approximate surface area is 118 Å². The summed E-state index contributed by atoms with van der Waals surface area (Å²) < 4.78 is 1.39. The van der Waals surface area contributed by atoms with Gasteiger partial charge in [-0.05, 0) is 18.2 Å². The maximum atomic E-state index is 12.2. The monoisotopic (exact) mass is 278 g/mol. The van der Waals surface area contributed by atoms with Gasteiger partial charge in [0.25, 0.3) is 5.56 Å². The Morgan fingerprint density at radius 3 is 2.71 bits per heavy atom. The Morgan fingerprint density at radius 2 is 1.95 bits per heavy atom. The molecule has 4 aromatic rings. The molecule has 4 aromatic heterocycles. The molecule has 0 aliphatic rings. The lowest BCUT2D eigenvalue weighted by atomic mass is 10.3. The number of fused-ring (bicyclic) bond motifs is 1. The zero-order valence-electron chi connectivity index (χ0n) is 10.8. The fraction of sp³-hybridized carbons (Fsp3) is 0. The quantitative estimate of drug-likeness (QED) is 0.581. The number of hydrogen-bond acceptors (Lipinski definition) is 4. The van der Waals surface area contributed by atoms with Gasteiger partial charge in [0.1, 0.15) is 0 Å². The van der Waals surface area contributed by atoms with E-state index in [9.17, 15) is 4.79 Å². The first-order valence-electron chi connectivity index (χ1n) is 6.35. The van der Waals surface area contributed by atoms with Gasteiger partial charge in [0.05, 0.1) is 22.8 Å². The molecule has 7 heteroatoms. The molecule has 0 amide bonds. The van der Waals surface area contributed by atoms with E-state index in [0.29, 0.717) is 17.0 Å². The molecule has 0 aliphatic heterocycles. The molecule has 0 bridgehead atoms. The van der Waals surface area contributed by atoms with Crippen molar-refractivity contribution >= 4 is 5.65 Å². The second-order valence-electron chi connectivity index (χ2n) is 4.53. The first-order valence-corrected chi connectivity index (χ1v) is 6.35. The smallest absolute Gasteiger partial charge is 0.273 e. The second kappa shape index (κ2) is 4.41.